The Labute approximate surface area is 45.3 Å². The summed E-state index contributed by atoms with van der Waals surface area (Å²) in [4.78, 5) is 2.15. The number of hydrogen-bond acceptors (Lipinski definition) is 2. The van der Waals surface area contributed by atoms with E-state index in [1.54, 1.807) is 0 Å². The molecule has 0 aliphatic heterocycles. The standard InChI is InChI=1S/C5H14N2/c1-3-7(4-2)5-6/h3-6H2,1-2H3. The Morgan fingerprint density at radius 3 is 1.71 bits per heavy atom. The van der Waals surface area contributed by atoms with Gasteiger partial charge in [-0.2, -0.15) is 0 Å². The van der Waals surface area contributed by atoms with E-state index in [1.807, 2.05) is 0 Å². The lowest BCUT2D eigenvalue weighted by atomic mass is 10.6. The molecule has 0 saturated heterocycles. The minimum absolute atomic E-state index is 0.688. The van der Waals surface area contributed by atoms with Gasteiger partial charge in [-0.15, -0.1) is 0 Å². The average molecular weight is 102 g/mol. The molecule has 2 N–H and O–H groups in total. The molecule has 0 saturated carbocycles. The van der Waals surface area contributed by atoms with Crippen LogP contribution >= 0.6 is 0 Å². The Morgan fingerprint density at radius 1 is 1.29 bits per heavy atom. The van der Waals surface area contributed by atoms with Gasteiger partial charge in [0.1, 0.15) is 0 Å². The molecular formula is C5H14N2. The van der Waals surface area contributed by atoms with E-state index >= 15 is 0 Å². The Morgan fingerprint density at radius 2 is 1.71 bits per heavy atom. The number of nitrogens with two attached hydrogens (primary N) is 1. The molecule has 0 rings (SSSR count). The quantitative estimate of drug-likeness (QED) is 0.517. The highest BCUT2D eigenvalue weighted by atomic mass is 15.2. The highest BCUT2D eigenvalue weighted by molar-refractivity contribution is 4.42. The maximum atomic E-state index is 5.32. The molecule has 0 fully saturated rings. The fourth-order valence-electron chi connectivity index (χ4n) is 0.482. The molecule has 0 aliphatic rings. The minimum atomic E-state index is 0.688. The van der Waals surface area contributed by atoms with Gasteiger partial charge in [0.05, 0.1) is 0 Å². The molecule has 44 valence electrons. The van der Waals surface area contributed by atoms with Gasteiger partial charge in [0.15, 0.2) is 0 Å². The summed E-state index contributed by atoms with van der Waals surface area (Å²) in [7, 11) is 0. The van der Waals surface area contributed by atoms with Gasteiger partial charge in [0.2, 0.25) is 0 Å². The van der Waals surface area contributed by atoms with Gasteiger partial charge in [-0.25, -0.2) is 0 Å². The van der Waals surface area contributed by atoms with Crippen molar-refractivity contribution in [1.29, 1.82) is 0 Å². The third-order valence-electron chi connectivity index (χ3n) is 1.15. The molecule has 0 heterocycles. The van der Waals surface area contributed by atoms with Crippen molar-refractivity contribution in [1.82, 2.24) is 4.90 Å². The lowest BCUT2D eigenvalue weighted by Gasteiger charge is -2.13. The normalized spacial score (nSPS) is 10.3. The van der Waals surface area contributed by atoms with Gasteiger partial charge in [-0.1, -0.05) is 13.8 Å². The van der Waals surface area contributed by atoms with Crippen LogP contribution in [0.5, 0.6) is 0 Å². The molecule has 7 heavy (non-hydrogen) atoms. The Bertz CT molecular complexity index is 27.6. The van der Waals surface area contributed by atoms with Crippen LogP contribution in [0, 0.1) is 0 Å². The van der Waals surface area contributed by atoms with E-state index in [1.165, 1.54) is 0 Å². The summed E-state index contributed by atoms with van der Waals surface area (Å²) in [5, 5.41) is 0. The van der Waals surface area contributed by atoms with Crippen molar-refractivity contribution in [3.05, 3.63) is 0 Å². The van der Waals surface area contributed by atoms with E-state index in [0.29, 0.717) is 6.67 Å². The van der Waals surface area contributed by atoms with Crippen molar-refractivity contribution in [3.8, 4) is 0 Å². The zero-order chi connectivity index (χ0) is 5.70. The van der Waals surface area contributed by atoms with Crippen LogP contribution in [0.1, 0.15) is 13.8 Å². The first-order valence-corrected chi connectivity index (χ1v) is 2.77. The van der Waals surface area contributed by atoms with Gasteiger partial charge < -0.3 is 5.73 Å². The summed E-state index contributed by atoms with van der Waals surface area (Å²) >= 11 is 0. The molecule has 0 radical (unpaired) electrons. The van der Waals surface area contributed by atoms with Crippen LogP contribution in [0.15, 0.2) is 0 Å². The van der Waals surface area contributed by atoms with Crippen LogP contribution in [0.25, 0.3) is 0 Å². The van der Waals surface area contributed by atoms with Crippen molar-refractivity contribution >= 4 is 0 Å². The zero-order valence-electron chi connectivity index (χ0n) is 5.15. The maximum Gasteiger partial charge on any atom is 0.0454 e. The van der Waals surface area contributed by atoms with Crippen LogP contribution < -0.4 is 5.73 Å². The van der Waals surface area contributed by atoms with E-state index in [9.17, 15) is 0 Å². The third kappa shape index (κ3) is 2.60. The van der Waals surface area contributed by atoms with Crippen molar-refractivity contribution < 1.29 is 0 Å². The third-order valence-corrected chi connectivity index (χ3v) is 1.15. The average Bonchev–Trinajstić information content (AvgIpc) is 1.72. The van der Waals surface area contributed by atoms with E-state index in [0.717, 1.165) is 13.1 Å². The molecular weight excluding hydrogens is 88.1 g/mol. The van der Waals surface area contributed by atoms with Crippen LogP contribution in [0.3, 0.4) is 0 Å². The molecule has 0 spiro atoms. The second kappa shape index (κ2) is 4.09. The first-order chi connectivity index (χ1) is 3.35. The SMILES string of the molecule is CCN(CC)CN. The van der Waals surface area contributed by atoms with Crippen molar-refractivity contribution in [2.24, 2.45) is 5.73 Å². The summed E-state index contributed by atoms with van der Waals surface area (Å²) in [6.45, 7) is 7.03. The van der Waals surface area contributed by atoms with Crippen molar-refractivity contribution in [3.63, 3.8) is 0 Å². The summed E-state index contributed by atoms with van der Waals surface area (Å²) in [5.74, 6) is 0. The predicted molar refractivity (Wildman–Crippen MR) is 32.0 cm³/mol. The second-order valence-corrected chi connectivity index (χ2v) is 1.49. The van der Waals surface area contributed by atoms with Crippen molar-refractivity contribution in [2.45, 2.75) is 13.8 Å². The Hall–Kier alpha value is -0.0800. The molecule has 2 nitrogen and oxygen atoms in total. The first-order valence-electron chi connectivity index (χ1n) is 2.77. The minimum Gasteiger partial charge on any atom is -0.318 e. The number of hydrogen-bond donors (Lipinski definition) is 1. The van der Waals surface area contributed by atoms with Crippen molar-refractivity contribution in [2.75, 3.05) is 19.8 Å². The highest BCUT2D eigenvalue weighted by Gasteiger charge is 1.89. The maximum absolute atomic E-state index is 5.32. The second-order valence-electron chi connectivity index (χ2n) is 1.49. The topological polar surface area (TPSA) is 29.3 Å². The van der Waals surface area contributed by atoms with Gasteiger partial charge in [0, 0.05) is 6.67 Å². The van der Waals surface area contributed by atoms with E-state index < -0.39 is 0 Å². The molecule has 0 unspecified atom stereocenters. The van der Waals surface area contributed by atoms with Gasteiger partial charge in [0.25, 0.3) is 0 Å². The van der Waals surface area contributed by atoms with Gasteiger partial charge in [-0.05, 0) is 13.1 Å². The lowest BCUT2D eigenvalue weighted by Crippen LogP contribution is -2.29. The number of rotatable bonds is 3. The first kappa shape index (κ1) is 6.92. The molecule has 0 amide bonds. The molecule has 0 aromatic rings. The van der Waals surface area contributed by atoms with Gasteiger partial charge >= 0.3 is 0 Å². The van der Waals surface area contributed by atoms with Crippen LogP contribution in [0.2, 0.25) is 0 Å². The Kier molecular flexibility index (Phi) is 4.04. The highest BCUT2D eigenvalue weighted by Crippen LogP contribution is 1.77. The predicted octanol–water partition coefficient (Wildman–Crippen LogP) is 0.244. The summed E-state index contributed by atoms with van der Waals surface area (Å²) in [5.41, 5.74) is 5.32. The van der Waals surface area contributed by atoms with Crippen LogP contribution in [-0.2, 0) is 0 Å². The summed E-state index contributed by atoms with van der Waals surface area (Å²) < 4.78 is 0. The van der Waals surface area contributed by atoms with E-state index in [2.05, 4.69) is 18.7 Å². The fraction of sp³-hybridized carbons (Fsp3) is 1.00. The molecule has 0 bridgehead atoms. The monoisotopic (exact) mass is 102 g/mol. The van der Waals surface area contributed by atoms with Crippen LogP contribution in [0.4, 0.5) is 0 Å². The Balaban J connectivity index is 2.99. The fourth-order valence-corrected chi connectivity index (χ4v) is 0.482. The van der Waals surface area contributed by atoms with E-state index in [4.69, 9.17) is 5.73 Å². The molecule has 0 aromatic heterocycles. The van der Waals surface area contributed by atoms with E-state index in [-0.39, 0.29) is 0 Å². The van der Waals surface area contributed by atoms with Crippen LogP contribution in [-0.4, -0.2) is 24.7 Å². The molecule has 2 heteroatoms. The smallest absolute Gasteiger partial charge is 0.0454 e. The number of nitrogens with zero attached hydrogens (tertiary/aromatic N) is 1. The largest absolute Gasteiger partial charge is 0.318 e. The van der Waals surface area contributed by atoms with Gasteiger partial charge in [-0.3, -0.25) is 4.90 Å². The summed E-state index contributed by atoms with van der Waals surface area (Å²) in [6.07, 6.45) is 0. The molecule has 0 aliphatic carbocycles. The lowest BCUT2D eigenvalue weighted by molar-refractivity contribution is 0.313. The summed E-state index contributed by atoms with van der Waals surface area (Å²) in [6, 6.07) is 0. The molecule has 0 atom stereocenters. The molecule has 0 aromatic carbocycles. The zero-order valence-corrected chi connectivity index (χ0v) is 5.15.